The van der Waals surface area contributed by atoms with Gasteiger partial charge in [0, 0.05) is 23.1 Å². The number of carbonyl (C=O) groups excluding carboxylic acids is 2. The normalized spacial score (nSPS) is 16.2. The Morgan fingerprint density at radius 2 is 1.54 bits per heavy atom. The number of benzene rings is 3. The largest absolute Gasteiger partial charge is 0.426 e. The molecule has 0 radical (unpaired) electrons. The molecular formula is C23H18BrNO3. The Balaban J connectivity index is 1.41. The summed E-state index contributed by atoms with van der Waals surface area (Å²) < 4.78 is 6.46. The number of ether oxygens (including phenoxy) is 1. The molecule has 3 aromatic carbocycles. The number of carbonyl (C=O) groups is 2. The van der Waals surface area contributed by atoms with Gasteiger partial charge < -0.3 is 9.64 Å². The fraction of sp³-hybridized carbons (Fsp3) is 0.130. The summed E-state index contributed by atoms with van der Waals surface area (Å²) in [6, 6.07) is 24.9. The minimum absolute atomic E-state index is 0.0660. The minimum atomic E-state index is -0.468. The van der Waals surface area contributed by atoms with Gasteiger partial charge in [0.15, 0.2) is 0 Å². The fourth-order valence-electron chi connectivity index (χ4n) is 3.28. The van der Waals surface area contributed by atoms with E-state index in [1.54, 1.807) is 17.0 Å². The van der Waals surface area contributed by atoms with Crippen molar-refractivity contribution in [3.05, 3.63) is 83.3 Å². The lowest BCUT2D eigenvalue weighted by Gasteiger charge is -2.16. The zero-order valence-corrected chi connectivity index (χ0v) is 16.6. The van der Waals surface area contributed by atoms with E-state index in [-0.39, 0.29) is 18.3 Å². The Morgan fingerprint density at radius 1 is 0.893 bits per heavy atom. The number of esters is 1. The Morgan fingerprint density at radius 3 is 2.21 bits per heavy atom. The molecule has 4 nitrogen and oxygen atoms in total. The first-order valence-electron chi connectivity index (χ1n) is 9.03. The molecular weight excluding hydrogens is 418 g/mol. The molecule has 0 aromatic heterocycles. The average molecular weight is 436 g/mol. The summed E-state index contributed by atoms with van der Waals surface area (Å²) in [5, 5.41) is 0. The SMILES string of the molecule is O=C(Oc1ccc(-c2ccccc2)cc1)[C@H]1CC(=O)N(c2ccc(Br)cc2)C1. The summed E-state index contributed by atoms with van der Waals surface area (Å²) in [5.74, 6) is -0.423. The number of anilines is 1. The third kappa shape index (κ3) is 3.99. The van der Waals surface area contributed by atoms with E-state index in [0.29, 0.717) is 12.3 Å². The lowest BCUT2D eigenvalue weighted by atomic mass is 10.1. The molecule has 4 rings (SSSR count). The molecule has 0 N–H and O–H groups in total. The lowest BCUT2D eigenvalue weighted by molar-refractivity contribution is -0.139. The Bertz CT molecular complexity index is 985. The maximum absolute atomic E-state index is 12.5. The van der Waals surface area contributed by atoms with Crippen molar-refractivity contribution in [3.8, 4) is 16.9 Å². The molecule has 1 aliphatic heterocycles. The smallest absolute Gasteiger partial charge is 0.316 e. The number of nitrogens with zero attached hydrogens (tertiary/aromatic N) is 1. The van der Waals surface area contributed by atoms with Gasteiger partial charge in [0.25, 0.3) is 0 Å². The summed E-state index contributed by atoms with van der Waals surface area (Å²) in [7, 11) is 0. The van der Waals surface area contributed by atoms with Crippen molar-refractivity contribution < 1.29 is 14.3 Å². The van der Waals surface area contributed by atoms with Crippen LogP contribution >= 0.6 is 15.9 Å². The van der Waals surface area contributed by atoms with E-state index < -0.39 is 5.92 Å². The predicted molar refractivity (Wildman–Crippen MR) is 112 cm³/mol. The maximum atomic E-state index is 12.5. The van der Waals surface area contributed by atoms with Crippen LogP contribution in [0, 0.1) is 5.92 Å². The number of hydrogen-bond donors (Lipinski definition) is 0. The highest BCUT2D eigenvalue weighted by atomic mass is 79.9. The molecule has 0 saturated carbocycles. The van der Waals surface area contributed by atoms with Crippen LogP contribution in [0.5, 0.6) is 5.75 Å². The average Bonchev–Trinajstić information content (AvgIpc) is 3.12. The minimum Gasteiger partial charge on any atom is -0.426 e. The van der Waals surface area contributed by atoms with Crippen LogP contribution in [0.25, 0.3) is 11.1 Å². The van der Waals surface area contributed by atoms with Crippen LogP contribution < -0.4 is 9.64 Å². The lowest BCUT2D eigenvalue weighted by Crippen LogP contribution is -2.27. The molecule has 140 valence electrons. The zero-order valence-electron chi connectivity index (χ0n) is 15.0. The third-order valence-corrected chi connectivity index (χ3v) is 5.31. The van der Waals surface area contributed by atoms with Crippen LogP contribution in [0.15, 0.2) is 83.3 Å². The molecule has 1 aliphatic rings. The second-order valence-electron chi connectivity index (χ2n) is 6.69. The van der Waals surface area contributed by atoms with Crippen molar-refractivity contribution in [2.45, 2.75) is 6.42 Å². The van der Waals surface area contributed by atoms with Gasteiger partial charge in [0.05, 0.1) is 5.92 Å². The quantitative estimate of drug-likeness (QED) is 0.424. The van der Waals surface area contributed by atoms with Gasteiger partial charge in [-0.05, 0) is 47.5 Å². The van der Waals surface area contributed by atoms with E-state index in [1.807, 2.05) is 66.7 Å². The van der Waals surface area contributed by atoms with Crippen LogP contribution in [0.3, 0.4) is 0 Å². The molecule has 0 bridgehead atoms. The standard InChI is InChI=1S/C23H18BrNO3/c24-19-8-10-20(11-9-19)25-15-18(14-22(25)26)23(27)28-21-12-6-17(7-13-21)16-4-2-1-3-5-16/h1-13,18H,14-15H2/t18-/m0/s1. The van der Waals surface area contributed by atoms with Crippen molar-refractivity contribution in [1.82, 2.24) is 0 Å². The summed E-state index contributed by atoms with van der Waals surface area (Å²) in [5.41, 5.74) is 2.94. The van der Waals surface area contributed by atoms with Crippen molar-refractivity contribution in [3.63, 3.8) is 0 Å². The van der Waals surface area contributed by atoms with E-state index >= 15 is 0 Å². The molecule has 1 saturated heterocycles. The van der Waals surface area contributed by atoms with Gasteiger partial charge in [-0.2, -0.15) is 0 Å². The van der Waals surface area contributed by atoms with Gasteiger partial charge in [-0.3, -0.25) is 9.59 Å². The number of amides is 1. The summed E-state index contributed by atoms with van der Waals surface area (Å²) in [6.45, 7) is 0.335. The van der Waals surface area contributed by atoms with Gasteiger partial charge >= 0.3 is 5.97 Å². The highest BCUT2D eigenvalue weighted by molar-refractivity contribution is 9.10. The molecule has 0 unspecified atom stereocenters. The van der Waals surface area contributed by atoms with Gasteiger partial charge in [-0.25, -0.2) is 0 Å². The van der Waals surface area contributed by atoms with E-state index in [0.717, 1.165) is 21.3 Å². The first-order chi connectivity index (χ1) is 13.6. The van der Waals surface area contributed by atoms with Crippen LogP contribution in [0.2, 0.25) is 0 Å². The first-order valence-corrected chi connectivity index (χ1v) is 9.82. The van der Waals surface area contributed by atoms with Crippen molar-refractivity contribution in [2.75, 3.05) is 11.4 Å². The highest BCUT2D eigenvalue weighted by Gasteiger charge is 2.36. The van der Waals surface area contributed by atoms with Gasteiger partial charge in [-0.1, -0.05) is 58.4 Å². The van der Waals surface area contributed by atoms with Crippen molar-refractivity contribution in [1.29, 1.82) is 0 Å². The number of halogens is 1. The van der Waals surface area contributed by atoms with Crippen LogP contribution in [-0.4, -0.2) is 18.4 Å². The molecule has 1 amide bonds. The van der Waals surface area contributed by atoms with Crippen LogP contribution in [0.4, 0.5) is 5.69 Å². The van der Waals surface area contributed by atoms with Crippen LogP contribution in [0.1, 0.15) is 6.42 Å². The Labute approximate surface area is 171 Å². The van der Waals surface area contributed by atoms with Gasteiger partial charge in [-0.15, -0.1) is 0 Å². The van der Waals surface area contributed by atoms with Crippen molar-refractivity contribution in [2.24, 2.45) is 5.92 Å². The van der Waals surface area contributed by atoms with Gasteiger partial charge in [0.1, 0.15) is 5.75 Å². The van der Waals surface area contributed by atoms with Crippen molar-refractivity contribution >= 4 is 33.5 Å². The number of rotatable bonds is 4. The third-order valence-electron chi connectivity index (χ3n) is 4.78. The first kappa shape index (κ1) is 18.4. The zero-order chi connectivity index (χ0) is 19.5. The molecule has 28 heavy (non-hydrogen) atoms. The van der Waals surface area contributed by atoms with E-state index in [9.17, 15) is 9.59 Å². The molecule has 1 fully saturated rings. The van der Waals surface area contributed by atoms with Gasteiger partial charge in [0.2, 0.25) is 5.91 Å². The van der Waals surface area contributed by atoms with E-state index in [1.165, 1.54) is 0 Å². The monoisotopic (exact) mass is 435 g/mol. The summed E-state index contributed by atoms with van der Waals surface area (Å²) in [4.78, 5) is 26.5. The molecule has 1 heterocycles. The second kappa shape index (κ2) is 7.98. The Hall–Kier alpha value is -2.92. The molecule has 0 spiro atoms. The highest BCUT2D eigenvalue weighted by Crippen LogP contribution is 2.28. The van der Waals surface area contributed by atoms with E-state index in [4.69, 9.17) is 4.74 Å². The molecule has 3 aromatic rings. The van der Waals surface area contributed by atoms with E-state index in [2.05, 4.69) is 15.9 Å². The fourth-order valence-corrected chi connectivity index (χ4v) is 3.55. The Kier molecular flexibility index (Phi) is 5.26. The second-order valence-corrected chi connectivity index (χ2v) is 7.61. The van der Waals surface area contributed by atoms with Crippen LogP contribution in [-0.2, 0) is 9.59 Å². The molecule has 0 aliphatic carbocycles. The topological polar surface area (TPSA) is 46.6 Å². The maximum Gasteiger partial charge on any atom is 0.316 e. The molecule has 5 heteroatoms. The summed E-state index contributed by atoms with van der Waals surface area (Å²) >= 11 is 3.38. The summed E-state index contributed by atoms with van der Waals surface area (Å²) in [6.07, 6.45) is 0.164. The predicted octanol–water partition coefficient (Wildman–Crippen LogP) is 5.07. The number of hydrogen-bond acceptors (Lipinski definition) is 3. The molecule has 1 atom stereocenters.